The van der Waals surface area contributed by atoms with Crippen molar-refractivity contribution in [1.82, 2.24) is 9.55 Å². The van der Waals surface area contributed by atoms with Gasteiger partial charge in [-0.15, -0.1) is 0 Å². The van der Waals surface area contributed by atoms with Crippen LogP contribution in [0.5, 0.6) is 0 Å². The number of nitrogens with zero attached hydrogens (tertiary/aromatic N) is 2. The predicted molar refractivity (Wildman–Crippen MR) is 67.1 cm³/mol. The van der Waals surface area contributed by atoms with Gasteiger partial charge in [-0.2, -0.15) is 4.98 Å². The number of rotatable bonds is 2. The van der Waals surface area contributed by atoms with Crippen LogP contribution in [0.15, 0.2) is 16.0 Å². The second-order valence-electron chi connectivity index (χ2n) is 4.38. The Morgan fingerprint density at radius 1 is 1.38 bits per heavy atom. The van der Waals surface area contributed by atoms with Crippen LogP contribution in [0.2, 0.25) is 0 Å². The van der Waals surface area contributed by atoms with Gasteiger partial charge in [0.1, 0.15) is 0 Å². The van der Waals surface area contributed by atoms with Crippen molar-refractivity contribution in [2.75, 3.05) is 6.26 Å². The zero-order valence-electron chi connectivity index (χ0n) is 9.90. The fourth-order valence-electron chi connectivity index (χ4n) is 2.51. The lowest BCUT2D eigenvalue weighted by atomic mass is 9.95. The Labute approximate surface area is 100 Å². The Bertz CT molecular complexity index is 422. The molecular weight excluding hydrogens is 220 g/mol. The molecule has 0 amide bonds. The molecule has 0 aliphatic heterocycles. The highest BCUT2D eigenvalue weighted by molar-refractivity contribution is 7.98. The maximum absolute atomic E-state index is 11.4. The fraction of sp³-hybridized carbons (Fsp3) is 0.667. The van der Waals surface area contributed by atoms with Crippen molar-refractivity contribution in [3.63, 3.8) is 0 Å². The summed E-state index contributed by atoms with van der Waals surface area (Å²) in [6, 6.07) is 2.19. The van der Waals surface area contributed by atoms with Gasteiger partial charge in [0.25, 0.3) is 5.56 Å². The van der Waals surface area contributed by atoms with Gasteiger partial charge in [-0.05, 0) is 26.0 Å². The van der Waals surface area contributed by atoms with E-state index in [1.807, 2.05) is 13.2 Å². The molecule has 3 nitrogen and oxygen atoms in total. The average Bonchev–Trinajstić information content (AvgIpc) is 2.29. The number of hydrogen-bond acceptors (Lipinski definition) is 3. The van der Waals surface area contributed by atoms with Crippen LogP contribution in [-0.4, -0.2) is 15.8 Å². The highest BCUT2D eigenvalue weighted by Crippen LogP contribution is 2.31. The van der Waals surface area contributed by atoms with Crippen molar-refractivity contribution in [3.05, 3.63) is 22.1 Å². The Balaban J connectivity index is 2.41. The monoisotopic (exact) mass is 238 g/mol. The van der Waals surface area contributed by atoms with Crippen LogP contribution in [0.1, 0.15) is 43.8 Å². The largest absolute Gasteiger partial charge is 0.322 e. The quantitative estimate of drug-likeness (QED) is 0.587. The molecule has 1 aromatic rings. The lowest BCUT2D eigenvalue weighted by molar-refractivity contribution is 0.325. The first-order chi connectivity index (χ1) is 7.72. The van der Waals surface area contributed by atoms with Crippen molar-refractivity contribution < 1.29 is 0 Å². The molecule has 1 fully saturated rings. The average molecular weight is 238 g/mol. The van der Waals surface area contributed by atoms with E-state index >= 15 is 0 Å². The summed E-state index contributed by atoms with van der Waals surface area (Å²) in [6.07, 6.45) is 8.37. The molecule has 0 spiro atoms. The zero-order valence-corrected chi connectivity index (χ0v) is 10.7. The molecule has 2 rings (SSSR count). The normalized spacial score (nSPS) is 17.6. The second-order valence-corrected chi connectivity index (χ2v) is 5.16. The summed E-state index contributed by atoms with van der Waals surface area (Å²) >= 11 is 1.57. The van der Waals surface area contributed by atoms with E-state index in [1.165, 1.54) is 32.1 Å². The molecule has 0 bridgehead atoms. The maximum atomic E-state index is 11.4. The lowest BCUT2D eigenvalue weighted by Gasteiger charge is -2.27. The molecular formula is C12H18N2OS. The third-order valence-electron chi connectivity index (χ3n) is 3.25. The molecule has 1 saturated carbocycles. The van der Waals surface area contributed by atoms with Gasteiger partial charge in [-0.1, -0.05) is 31.0 Å². The minimum absolute atomic E-state index is 0.117. The van der Waals surface area contributed by atoms with Crippen LogP contribution in [0.4, 0.5) is 0 Å². The molecule has 1 aliphatic rings. The van der Waals surface area contributed by atoms with E-state index in [0.717, 1.165) is 10.9 Å². The Morgan fingerprint density at radius 2 is 2.06 bits per heavy atom. The summed E-state index contributed by atoms with van der Waals surface area (Å²) in [5.74, 6) is 0. The van der Waals surface area contributed by atoms with Crippen molar-refractivity contribution in [2.45, 2.75) is 50.2 Å². The van der Waals surface area contributed by atoms with Gasteiger partial charge < -0.3 is 4.57 Å². The van der Waals surface area contributed by atoms with Gasteiger partial charge in [0.15, 0.2) is 5.16 Å². The first-order valence-corrected chi connectivity index (χ1v) is 7.09. The van der Waals surface area contributed by atoms with Crippen LogP contribution < -0.4 is 5.56 Å². The van der Waals surface area contributed by atoms with Gasteiger partial charge in [-0.3, -0.25) is 4.79 Å². The molecule has 4 heteroatoms. The Morgan fingerprint density at radius 3 is 2.69 bits per heavy atom. The zero-order chi connectivity index (χ0) is 11.5. The summed E-state index contributed by atoms with van der Waals surface area (Å²) in [6.45, 7) is 2.01. The Kier molecular flexibility index (Phi) is 3.69. The lowest BCUT2D eigenvalue weighted by Crippen LogP contribution is -2.22. The molecule has 0 aromatic carbocycles. The van der Waals surface area contributed by atoms with E-state index in [1.54, 1.807) is 17.8 Å². The molecule has 0 radical (unpaired) electrons. The molecule has 0 saturated heterocycles. The summed E-state index contributed by atoms with van der Waals surface area (Å²) in [5, 5.41) is 0.872. The molecule has 1 heterocycles. The van der Waals surface area contributed by atoms with Crippen LogP contribution in [-0.2, 0) is 0 Å². The minimum atomic E-state index is -0.117. The van der Waals surface area contributed by atoms with Crippen LogP contribution in [0.25, 0.3) is 0 Å². The van der Waals surface area contributed by atoms with Crippen molar-refractivity contribution in [3.8, 4) is 0 Å². The smallest absolute Gasteiger partial charge is 0.273 e. The highest BCUT2D eigenvalue weighted by Gasteiger charge is 2.19. The Hall–Kier alpha value is -0.770. The number of aryl methyl sites for hydroxylation is 1. The minimum Gasteiger partial charge on any atom is -0.322 e. The molecule has 1 aliphatic carbocycles. The van der Waals surface area contributed by atoms with Crippen LogP contribution >= 0.6 is 11.8 Å². The summed E-state index contributed by atoms with van der Waals surface area (Å²) in [5.41, 5.74) is 0.935. The van der Waals surface area contributed by atoms with E-state index in [0.29, 0.717) is 6.04 Å². The summed E-state index contributed by atoms with van der Waals surface area (Å²) in [7, 11) is 0. The molecule has 16 heavy (non-hydrogen) atoms. The number of hydrogen-bond donors (Lipinski definition) is 0. The van der Waals surface area contributed by atoms with Gasteiger partial charge in [0.05, 0.1) is 0 Å². The van der Waals surface area contributed by atoms with E-state index in [-0.39, 0.29) is 5.56 Å². The molecule has 0 unspecified atom stereocenters. The second kappa shape index (κ2) is 5.04. The van der Waals surface area contributed by atoms with Crippen molar-refractivity contribution >= 4 is 11.8 Å². The van der Waals surface area contributed by atoms with Gasteiger partial charge in [0, 0.05) is 17.8 Å². The van der Waals surface area contributed by atoms with Crippen molar-refractivity contribution in [2.24, 2.45) is 0 Å². The van der Waals surface area contributed by atoms with E-state index in [9.17, 15) is 4.79 Å². The number of thioether (sulfide) groups is 1. The third-order valence-corrected chi connectivity index (χ3v) is 3.90. The number of aromatic nitrogens is 2. The molecule has 1 aromatic heterocycles. The first-order valence-electron chi connectivity index (χ1n) is 5.86. The van der Waals surface area contributed by atoms with Gasteiger partial charge >= 0.3 is 0 Å². The summed E-state index contributed by atoms with van der Waals surface area (Å²) in [4.78, 5) is 15.5. The molecule has 0 N–H and O–H groups in total. The third kappa shape index (κ3) is 2.32. The van der Waals surface area contributed by atoms with Crippen LogP contribution in [0, 0.1) is 6.92 Å². The molecule has 88 valence electrons. The topological polar surface area (TPSA) is 34.9 Å². The standard InChI is InChI=1S/C12H18N2OS/c1-9-8-11(15)13-12(16-2)14(9)10-6-4-3-5-7-10/h8,10H,3-7H2,1-2H3. The van der Waals surface area contributed by atoms with Gasteiger partial charge in [-0.25, -0.2) is 0 Å². The predicted octanol–water partition coefficient (Wildman–Crippen LogP) is 2.78. The van der Waals surface area contributed by atoms with Crippen molar-refractivity contribution in [1.29, 1.82) is 0 Å². The summed E-state index contributed by atoms with van der Waals surface area (Å²) < 4.78 is 2.26. The fourth-order valence-corrected chi connectivity index (χ4v) is 3.18. The highest BCUT2D eigenvalue weighted by atomic mass is 32.2. The van der Waals surface area contributed by atoms with E-state index in [4.69, 9.17) is 0 Å². The van der Waals surface area contributed by atoms with Crippen LogP contribution in [0.3, 0.4) is 0 Å². The maximum Gasteiger partial charge on any atom is 0.273 e. The van der Waals surface area contributed by atoms with E-state index in [2.05, 4.69) is 9.55 Å². The van der Waals surface area contributed by atoms with E-state index < -0.39 is 0 Å². The first kappa shape index (κ1) is 11.7. The molecule has 0 atom stereocenters. The SMILES string of the molecule is CSc1nc(=O)cc(C)n1C1CCCCC1. The van der Waals surface area contributed by atoms with Gasteiger partial charge in [0.2, 0.25) is 0 Å².